The van der Waals surface area contributed by atoms with Gasteiger partial charge in [0, 0.05) is 19.3 Å². The Morgan fingerprint density at radius 2 is 2.00 bits per heavy atom. The third-order valence-electron chi connectivity index (χ3n) is 2.09. The first-order chi connectivity index (χ1) is 7.19. The van der Waals surface area contributed by atoms with Crippen LogP contribution in [0.2, 0.25) is 0 Å². The van der Waals surface area contributed by atoms with Crippen molar-refractivity contribution in [3.63, 3.8) is 0 Å². The molecular formula is C11H16N2OS. The molecule has 0 heterocycles. The van der Waals surface area contributed by atoms with Crippen molar-refractivity contribution in [2.45, 2.75) is 6.92 Å². The molecule has 82 valence electrons. The number of methoxy groups -OCH3 is 1. The van der Waals surface area contributed by atoms with Crippen LogP contribution < -0.4 is 15.0 Å². The molecule has 0 saturated carbocycles. The van der Waals surface area contributed by atoms with E-state index in [0.29, 0.717) is 0 Å². The summed E-state index contributed by atoms with van der Waals surface area (Å²) in [5.41, 5.74) is 1.04. The SMILES string of the molecule is CCNC(=S)N(C)c1ccc(OC)cc1. The van der Waals surface area contributed by atoms with Crippen LogP contribution in [0.15, 0.2) is 24.3 Å². The van der Waals surface area contributed by atoms with Gasteiger partial charge in [0.15, 0.2) is 5.11 Å². The molecule has 1 aromatic carbocycles. The second-order valence-electron chi connectivity index (χ2n) is 3.09. The van der Waals surface area contributed by atoms with Crippen molar-refractivity contribution >= 4 is 23.0 Å². The van der Waals surface area contributed by atoms with Crippen molar-refractivity contribution < 1.29 is 4.74 Å². The van der Waals surface area contributed by atoms with Crippen LogP contribution in [0.25, 0.3) is 0 Å². The van der Waals surface area contributed by atoms with E-state index < -0.39 is 0 Å². The minimum absolute atomic E-state index is 0.725. The molecular weight excluding hydrogens is 208 g/mol. The smallest absolute Gasteiger partial charge is 0.173 e. The maximum atomic E-state index is 5.20. The van der Waals surface area contributed by atoms with Gasteiger partial charge in [0.25, 0.3) is 0 Å². The number of benzene rings is 1. The van der Waals surface area contributed by atoms with E-state index in [1.165, 1.54) is 0 Å². The van der Waals surface area contributed by atoms with Gasteiger partial charge in [-0.25, -0.2) is 0 Å². The fourth-order valence-electron chi connectivity index (χ4n) is 1.19. The van der Waals surface area contributed by atoms with E-state index in [-0.39, 0.29) is 0 Å². The van der Waals surface area contributed by atoms with E-state index in [9.17, 15) is 0 Å². The van der Waals surface area contributed by atoms with Crippen LogP contribution in [-0.4, -0.2) is 25.8 Å². The van der Waals surface area contributed by atoms with Crippen molar-refractivity contribution in [2.24, 2.45) is 0 Å². The van der Waals surface area contributed by atoms with E-state index in [1.54, 1.807) is 7.11 Å². The predicted octanol–water partition coefficient (Wildman–Crippen LogP) is 2.03. The van der Waals surface area contributed by atoms with E-state index in [0.717, 1.165) is 23.1 Å². The van der Waals surface area contributed by atoms with E-state index in [1.807, 2.05) is 43.1 Å². The first-order valence-corrected chi connectivity index (χ1v) is 5.25. The molecule has 0 unspecified atom stereocenters. The summed E-state index contributed by atoms with van der Waals surface area (Å²) in [6.07, 6.45) is 0. The number of nitrogens with zero attached hydrogens (tertiary/aromatic N) is 1. The average Bonchev–Trinajstić information content (AvgIpc) is 2.28. The number of rotatable bonds is 3. The zero-order chi connectivity index (χ0) is 11.3. The highest BCUT2D eigenvalue weighted by Crippen LogP contribution is 2.17. The number of hydrogen-bond acceptors (Lipinski definition) is 2. The summed E-state index contributed by atoms with van der Waals surface area (Å²) >= 11 is 5.20. The minimum Gasteiger partial charge on any atom is -0.497 e. The van der Waals surface area contributed by atoms with Crippen LogP contribution in [0.5, 0.6) is 5.75 Å². The maximum absolute atomic E-state index is 5.20. The van der Waals surface area contributed by atoms with Crippen LogP contribution in [0.4, 0.5) is 5.69 Å². The van der Waals surface area contributed by atoms with Gasteiger partial charge in [-0.1, -0.05) is 0 Å². The van der Waals surface area contributed by atoms with Crippen molar-refractivity contribution in [3.8, 4) is 5.75 Å². The first kappa shape index (κ1) is 11.8. The number of anilines is 1. The zero-order valence-electron chi connectivity index (χ0n) is 9.28. The molecule has 0 amide bonds. The van der Waals surface area contributed by atoms with Crippen molar-refractivity contribution in [1.29, 1.82) is 0 Å². The Balaban J connectivity index is 2.73. The van der Waals surface area contributed by atoms with Crippen LogP contribution in [0.1, 0.15) is 6.92 Å². The lowest BCUT2D eigenvalue weighted by Crippen LogP contribution is -2.36. The van der Waals surface area contributed by atoms with Gasteiger partial charge < -0.3 is 15.0 Å². The molecule has 0 fully saturated rings. The van der Waals surface area contributed by atoms with Gasteiger partial charge in [-0.2, -0.15) is 0 Å². The lowest BCUT2D eigenvalue weighted by atomic mass is 10.3. The molecule has 0 atom stereocenters. The highest BCUT2D eigenvalue weighted by molar-refractivity contribution is 7.80. The Bertz CT molecular complexity index is 324. The third kappa shape index (κ3) is 3.09. The predicted molar refractivity (Wildman–Crippen MR) is 67.7 cm³/mol. The Morgan fingerprint density at radius 3 is 2.47 bits per heavy atom. The van der Waals surface area contributed by atoms with Crippen LogP contribution >= 0.6 is 12.2 Å². The Hall–Kier alpha value is -1.29. The van der Waals surface area contributed by atoms with Gasteiger partial charge in [0.05, 0.1) is 7.11 Å². The number of ether oxygens (including phenoxy) is 1. The van der Waals surface area contributed by atoms with Gasteiger partial charge in [-0.05, 0) is 43.4 Å². The molecule has 0 aliphatic heterocycles. The Labute approximate surface area is 96.0 Å². The normalized spacial score (nSPS) is 9.53. The Kier molecular flexibility index (Phi) is 4.37. The fraction of sp³-hybridized carbons (Fsp3) is 0.364. The molecule has 0 saturated heterocycles. The van der Waals surface area contributed by atoms with Crippen LogP contribution in [-0.2, 0) is 0 Å². The van der Waals surface area contributed by atoms with Crippen LogP contribution in [0.3, 0.4) is 0 Å². The highest BCUT2D eigenvalue weighted by Gasteiger charge is 2.05. The molecule has 3 nitrogen and oxygen atoms in total. The second-order valence-corrected chi connectivity index (χ2v) is 3.48. The van der Waals surface area contributed by atoms with Gasteiger partial charge in [0.1, 0.15) is 5.75 Å². The van der Waals surface area contributed by atoms with Gasteiger partial charge in [-0.3, -0.25) is 0 Å². The highest BCUT2D eigenvalue weighted by atomic mass is 32.1. The maximum Gasteiger partial charge on any atom is 0.173 e. The Morgan fingerprint density at radius 1 is 1.40 bits per heavy atom. The molecule has 1 rings (SSSR count). The minimum atomic E-state index is 0.725. The molecule has 1 aromatic rings. The molecule has 15 heavy (non-hydrogen) atoms. The molecule has 0 aliphatic rings. The van der Waals surface area contributed by atoms with Crippen molar-refractivity contribution in [3.05, 3.63) is 24.3 Å². The topological polar surface area (TPSA) is 24.5 Å². The summed E-state index contributed by atoms with van der Waals surface area (Å²) in [6, 6.07) is 7.78. The second kappa shape index (κ2) is 5.56. The average molecular weight is 224 g/mol. The van der Waals surface area contributed by atoms with Crippen LogP contribution in [0, 0.1) is 0 Å². The molecule has 0 aliphatic carbocycles. The molecule has 0 spiro atoms. The summed E-state index contributed by atoms with van der Waals surface area (Å²) in [7, 11) is 3.59. The van der Waals surface area contributed by atoms with E-state index in [4.69, 9.17) is 17.0 Å². The molecule has 4 heteroatoms. The monoisotopic (exact) mass is 224 g/mol. The van der Waals surface area contributed by atoms with E-state index in [2.05, 4.69) is 5.32 Å². The van der Waals surface area contributed by atoms with Gasteiger partial charge in [-0.15, -0.1) is 0 Å². The van der Waals surface area contributed by atoms with Crippen molar-refractivity contribution in [1.82, 2.24) is 5.32 Å². The van der Waals surface area contributed by atoms with Gasteiger partial charge >= 0.3 is 0 Å². The van der Waals surface area contributed by atoms with E-state index >= 15 is 0 Å². The van der Waals surface area contributed by atoms with Gasteiger partial charge in [0.2, 0.25) is 0 Å². The summed E-state index contributed by atoms with van der Waals surface area (Å²) < 4.78 is 5.09. The largest absolute Gasteiger partial charge is 0.497 e. The molecule has 1 N–H and O–H groups in total. The fourth-order valence-corrected chi connectivity index (χ4v) is 1.44. The standard InChI is InChI=1S/C11H16N2OS/c1-4-12-11(15)13(2)9-5-7-10(14-3)8-6-9/h5-8H,4H2,1-3H3,(H,12,15). The lowest BCUT2D eigenvalue weighted by molar-refractivity contribution is 0.415. The number of hydrogen-bond donors (Lipinski definition) is 1. The number of thiocarbonyl (C=S) groups is 1. The summed E-state index contributed by atoms with van der Waals surface area (Å²) in [5.74, 6) is 0.849. The first-order valence-electron chi connectivity index (χ1n) is 4.84. The summed E-state index contributed by atoms with van der Waals surface area (Å²) in [4.78, 5) is 1.93. The molecule has 0 aromatic heterocycles. The molecule has 0 bridgehead atoms. The number of nitrogens with one attached hydrogen (secondary N) is 1. The quantitative estimate of drug-likeness (QED) is 0.794. The lowest BCUT2D eigenvalue weighted by Gasteiger charge is -2.20. The molecule has 0 radical (unpaired) electrons. The summed E-state index contributed by atoms with van der Waals surface area (Å²) in [6.45, 7) is 2.85. The zero-order valence-corrected chi connectivity index (χ0v) is 10.1. The van der Waals surface area contributed by atoms with Crippen molar-refractivity contribution in [2.75, 3.05) is 25.6 Å². The summed E-state index contributed by atoms with van der Waals surface area (Å²) in [5, 5.41) is 3.82. The third-order valence-corrected chi connectivity index (χ3v) is 2.51.